The van der Waals surface area contributed by atoms with Crippen molar-refractivity contribution in [2.75, 3.05) is 0 Å². The molecule has 0 aliphatic rings. The van der Waals surface area contributed by atoms with E-state index in [1.165, 1.54) is 0 Å². The minimum Gasteiger partial charge on any atom is -0.481 e. The van der Waals surface area contributed by atoms with E-state index < -0.39 is 29.5 Å². The molecule has 2 aromatic carbocycles. The van der Waals surface area contributed by atoms with Crippen LogP contribution in [0.25, 0.3) is 22.2 Å². The highest BCUT2D eigenvalue weighted by Crippen LogP contribution is 2.26. The quantitative estimate of drug-likeness (QED) is 0.263. The Hall–Kier alpha value is -3.91. The monoisotopic (exact) mass is 489 g/mol. The van der Waals surface area contributed by atoms with E-state index in [9.17, 15) is 14.7 Å². The van der Waals surface area contributed by atoms with Crippen LogP contribution in [-0.4, -0.2) is 38.4 Å². The summed E-state index contributed by atoms with van der Waals surface area (Å²) in [5.74, 6) is -2.82. The normalized spacial score (nSPS) is 13.4. The zero-order valence-electron chi connectivity index (χ0n) is 20.7. The van der Waals surface area contributed by atoms with Gasteiger partial charge in [0.15, 0.2) is 5.92 Å². The molecule has 0 aliphatic carbocycles. The Balaban J connectivity index is 1.52. The highest BCUT2D eigenvalue weighted by atomic mass is 16.6. The van der Waals surface area contributed by atoms with E-state index in [0.717, 1.165) is 33.5 Å². The summed E-state index contributed by atoms with van der Waals surface area (Å²) in [6.07, 6.45) is 2.80. The summed E-state index contributed by atoms with van der Waals surface area (Å²) in [5.41, 5.74) is 9.12. The summed E-state index contributed by atoms with van der Waals surface area (Å²) < 4.78 is 12.9. The third kappa shape index (κ3) is 5.83. The van der Waals surface area contributed by atoms with Gasteiger partial charge in [0.05, 0.1) is 0 Å². The number of para-hydroxylation sites is 1. The zero-order chi connectivity index (χ0) is 25.9. The summed E-state index contributed by atoms with van der Waals surface area (Å²) in [6.45, 7) is 5.72. The number of aryl methyl sites for hydroxylation is 2. The number of esters is 1. The first-order chi connectivity index (χ1) is 17.1. The molecule has 0 saturated carbocycles. The molecule has 36 heavy (non-hydrogen) atoms. The van der Waals surface area contributed by atoms with Gasteiger partial charge in [0.25, 0.3) is 0 Å². The first-order valence-corrected chi connectivity index (χ1v) is 11.9. The Bertz CT molecular complexity index is 1350. The number of hydrogen-bond donors (Lipinski definition) is 2. The smallest absolute Gasteiger partial charge is 0.322 e. The summed E-state index contributed by atoms with van der Waals surface area (Å²) >= 11 is 0. The molecule has 8 heteroatoms. The van der Waals surface area contributed by atoms with E-state index >= 15 is 0 Å². The highest BCUT2D eigenvalue weighted by molar-refractivity contribution is 5.95. The van der Waals surface area contributed by atoms with Gasteiger partial charge in [0, 0.05) is 47.7 Å². The fourth-order valence-electron chi connectivity index (χ4n) is 4.27. The van der Waals surface area contributed by atoms with Gasteiger partial charge in [-0.2, -0.15) is 0 Å². The molecule has 4 rings (SSSR count). The van der Waals surface area contributed by atoms with Crippen LogP contribution in [0, 0.1) is 5.92 Å². The number of carbonyl (C=O) groups excluding carboxylic acids is 1. The van der Waals surface area contributed by atoms with Crippen LogP contribution in [0.2, 0.25) is 0 Å². The number of aromatic nitrogens is 2. The van der Waals surface area contributed by atoms with Crippen LogP contribution < -0.4 is 5.73 Å². The van der Waals surface area contributed by atoms with Crippen molar-refractivity contribution in [1.82, 2.24) is 9.72 Å². The molecule has 0 saturated heterocycles. The van der Waals surface area contributed by atoms with Crippen molar-refractivity contribution in [3.05, 3.63) is 78.2 Å². The van der Waals surface area contributed by atoms with Crippen molar-refractivity contribution in [3.63, 3.8) is 0 Å². The fraction of sp³-hybridized carbons (Fsp3) is 0.321. The molecule has 0 fully saturated rings. The molecule has 0 radical (unpaired) electrons. The van der Waals surface area contributed by atoms with Crippen LogP contribution in [0.3, 0.4) is 0 Å². The number of benzene rings is 2. The van der Waals surface area contributed by atoms with Crippen LogP contribution in [0.4, 0.5) is 0 Å². The second-order valence-electron chi connectivity index (χ2n) is 9.88. The van der Waals surface area contributed by atoms with Gasteiger partial charge in [-0.05, 0) is 38.8 Å². The summed E-state index contributed by atoms with van der Waals surface area (Å²) in [7, 11) is 0. The average molecular weight is 490 g/mol. The van der Waals surface area contributed by atoms with Gasteiger partial charge in [-0.15, -0.1) is 0 Å². The van der Waals surface area contributed by atoms with Crippen LogP contribution in [0.1, 0.15) is 32.1 Å². The number of ether oxygens (including phenoxy) is 1. The molecule has 2 unspecified atom stereocenters. The lowest BCUT2D eigenvalue weighted by molar-refractivity contribution is -0.167. The molecule has 2 atom stereocenters. The van der Waals surface area contributed by atoms with Gasteiger partial charge in [-0.3, -0.25) is 9.59 Å². The van der Waals surface area contributed by atoms with E-state index in [2.05, 4.69) is 9.72 Å². The third-order valence-electron chi connectivity index (χ3n) is 5.91. The lowest BCUT2D eigenvalue weighted by Gasteiger charge is -2.25. The van der Waals surface area contributed by atoms with Crippen LogP contribution in [-0.2, 0) is 33.7 Å². The second-order valence-corrected chi connectivity index (χ2v) is 9.88. The SMILES string of the molecule is CC(C)(C)OC(=O)C(C(=O)O)C(N)Cc1cn(CCc2cc(-c3ccccc3)no2)c2ccccc12. The van der Waals surface area contributed by atoms with Crippen LogP contribution in [0.15, 0.2) is 71.4 Å². The maximum atomic E-state index is 12.6. The number of carboxylic acids is 1. The first-order valence-electron chi connectivity index (χ1n) is 11.9. The Labute approximate surface area is 209 Å². The molecule has 0 bridgehead atoms. The molecule has 4 aromatic rings. The van der Waals surface area contributed by atoms with Crippen LogP contribution in [0.5, 0.6) is 0 Å². The van der Waals surface area contributed by atoms with E-state index in [0.29, 0.717) is 13.0 Å². The molecule has 0 aliphatic heterocycles. The number of carbonyl (C=O) groups is 2. The van der Waals surface area contributed by atoms with Gasteiger partial charge < -0.3 is 24.7 Å². The molecule has 188 valence electrons. The lowest BCUT2D eigenvalue weighted by atomic mass is 9.94. The summed E-state index contributed by atoms with van der Waals surface area (Å²) in [6, 6.07) is 18.7. The molecule has 8 nitrogen and oxygen atoms in total. The standard InChI is InChI=1S/C28H31N3O5/c1-28(2,3)35-27(34)25(26(32)33)22(29)15-19-17-31(24-12-8-7-11-21(19)24)14-13-20-16-23(30-36-20)18-9-5-4-6-10-18/h4-12,16-17,22,25H,13-15,29H2,1-3H3,(H,32,33). The minimum absolute atomic E-state index is 0.212. The van der Waals surface area contributed by atoms with Crippen molar-refractivity contribution >= 4 is 22.8 Å². The number of aliphatic carboxylic acids is 1. The number of hydrogen-bond acceptors (Lipinski definition) is 6. The van der Waals surface area contributed by atoms with E-state index in [4.69, 9.17) is 15.0 Å². The molecule has 0 spiro atoms. The first kappa shape index (κ1) is 25.2. The topological polar surface area (TPSA) is 121 Å². The largest absolute Gasteiger partial charge is 0.481 e. The fourth-order valence-corrected chi connectivity index (χ4v) is 4.27. The van der Waals surface area contributed by atoms with E-state index in [1.54, 1.807) is 20.8 Å². The number of rotatable bonds is 9. The maximum Gasteiger partial charge on any atom is 0.322 e. The molecule has 0 amide bonds. The van der Waals surface area contributed by atoms with Crippen molar-refractivity contribution in [2.45, 2.75) is 51.8 Å². The van der Waals surface area contributed by atoms with Gasteiger partial charge in [0.1, 0.15) is 17.1 Å². The van der Waals surface area contributed by atoms with E-state index in [1.807, 2.05) is 66.9 Å². The van der Waals surface area contributed by atoms with Crippen LogP contribution >= 0.6 is 0 Å². The van der Waals surface area contributed by atoms with E-state index in [-0.39, 0.29) is 6.42 Å². The predicted octanol–water partition coefficient (Wildman–Crippen LogP) is 4.45. The third-order valence-corrected chi connectivity index (χ3v) is 5.91. The number of nitrogens with two attached hydrogens (primary N) is 1. The van der Waals surface area contributed by atoms with Gasteiger partial charge in [0.2, 0.25) is 0 Å². The summed E-state index contributed by atoms with van der Waals surface area (Å²) in [5, 5.41) is 14.8. The Morgan fingerprint density at radius 1 is 1.11 bits per heavy atom. The van der Waals surface area contributed by atoms with Crippen molar-refractivity contribution in [2.24, 2.45) is 11.7 Å². The molecular weight excluding hydrogens is 458 g/mol. The summed E-state index contributed by atoms with van der Waals surface area (Å²) in [4.78, 5) is 24.4. The Morgan fingerprint density at radius 2 is 1.81 bits per heavy atom. The second kappa shape index (κ2) is 10.4. The Morgan fingerprint density at radius 3 is 2.50 bits per heavy atom. The van der Waals surface area contributed by atoms with Gasteiger partial charge in [-0.1, -0.05) is 53.7 Å². The molecule has 2 aromatic heterocycles. The van der Waals surface area contributed by atoms with Crippen molar-refractivity contribution in [1.29, 1.82) is 0 Å². The number of carboxylic acid groups (broad SMARTS) is 1. The zero-order valence-corrected chi connectivity index (χ0v) is 20.7. The Kier molecular flexibility index (Phi) is 7.26. The lowest BCUT2D eigenvalue weighted by Crippen LogP contribution is -2.45. The van der Waals surface area contributed by atoms with Gasteiger partial charge >= 0.3 is 11.9 Å². The maximum absolute atomic E-state index is 12.6. The molecule has 3 N–H and O–H groups in total. The predicted molar refractivity (Wildman–Crippen MR) is 136 cm³/mol. The molecule has 2 heterocycles. The molecular formula is C28H31N3O5. The number of nitrogens with zero attached hydrogens (tertiary/aromatic N) is 2. The number of fused-ring (bicyclic) bond motifs is 1. The minimum atomic E-state index is -1.46. The highest BCUT2D eigenvalue weighted by Gasteiger charge is 2.36. The van der Waals surface area contributed by atoms with Crippen molar-refractivity contribution in [3.8, 4) is 11.3 Å². The average Bonchev–Trinajstić information content (AvgIpc) is 3.42. The van der Waals surface area contributed by atoms with Crippen molar-refractivity contribution < 1.29 is 24.0 Å². The van der Waals surface area contributed by atoms with Gasteiger partial charge in [-0.25, -0.2) is 0 Å².